The highest BCUT2D eigenvalue weighted by molar-refractivity contribution is 7.22. The lowest BCUT2D eigenvalue weighted by atomic mass is 9.87. The topological polar surface area (TPSA) is 151 Å². The number of nitrogens with one attached hydrogen (secondary N) is 2. The Bertz CT molecular complexity index is 1790. The third-order valence-electron chi connectivity index (χ3n) is 6.44. The first-order valence-electron chi connectivity index (χ1n) is 12.5. The molecule has 5 rings (SSSR count). The van der Waals surface area contributed by atoms with Crippen LogP contribution in [0.15, 0.2) is 41.2 Å². The minimum Gasteiger partial charge on any atom is -0.389 e. The number of hydrogen-bond donors (Lipinski definition) is 4. The van der Waals surface area contributed by atoms with Crippen LogP contribution in [0.4, 0.5) is 13.9 Å². The van der Waals surface area contributed by atoms with Crippen molar-refractivity contribution in [2.24, 2.45) is 5.73 Å². The van der Waals surface area contributed by atoms with Gasteiger partial charge in [0.15, 0.2) is 16.4 Å². The highest BCUT2D eigenvalue weighted by Gasteiger charge is 2.25. The van der Waals surface area contributed by atoms with E-state index in [9.17, 15) is 23.5 Å². The first kappa shape index (κ1) is 27.3. The van der Waals surface area contributed by atoms with E-state index in [-0.39, 0.29) is 19.4 Å². The molecule has 0 fully saturated rings. The molecule has 40 heavy (non-hydrogen) atoms. The van der Waals surface area contributed by atoms with Crippen LogP contribution in [0.5, 0.6) is 0 Å². The van der Waals surface area contributed by atoms with E-state index in [1.54, 1.807) is 32.9 Å². The summed E-state index contributed by atoms with van der Waals surface area (Å²) in [6.45, 7) is 5.35. The molecule has 0 saturated carbocycles. The Morgan fingerprint density at radius 3 is 2.58 bits per heavy atom. The number of hydrogen-bond acceptors (Lipinski definition) is 8. The molecule has 4 aromatic heterocycles. The van der Waals surface area contributed by atoms with Crippen molar-refractivity contribution in [3.05, 3.63) is 75.5 Å². The van der Waals surface area contributed by atoms with Crippen LogP contribution in [0.1, 0.15) is 43.1 Å². The summed E-state index contributed by atoms with van der Waals surface area (Å²) in [4.78, 5) is 34.1. The third kappa shape index (κ3) is 5.70. The third-order valence-corrected chi connectivity index (χ3v) is 7.39. The molecular weight excluding hydrogens is 540 g/mol. The highest BCUT2D eigenvalue weighted by Crippen LogP contribution is 2.38. The normalized spacial score (nSPS) is 12.8. The maximum atomic E-state index is 14.0. The number of carbonyl (C=O) groups excluding carboxylic acids is 1. The van der Waals surface area contributed by atoms with Gasteiger partial charge < -0.3 is 16.2 Å². The number of aromatic nitrogens is 5. The van der Waals surface area contributed by atoms with Crippen LogP contribution in [0.25, 0.3) is 27.1 Å². The lowest BCUT2D eigenvalue weighted by Gasteiger charge is -2.20. The number of thiazole rings is 1. The summed E-state index contributed by atoms with van der Waals surface area (Å²) < 4.78 is 30.2. The molecule has 208 valence electrons. The van der Waals surface area contributed by atoms with Gasteiger partial charge in [-0.25, -0.2) is 33.0 Å². The van der Waals surface area contributed by atoms with Gasteiger partial charge in [-0.05, 0) is 63.1 Å². The van der Waals surface area contributed by atoms with Crippen LogP contribution in [-0.4, -0.2) is 47.7 Å². The number of carbonyl (C=O) groups is 1. The number of H-pyrrole nitrogens is 1. The van der Waals surface area contributed by atoms with Gasteiger partial charge in [0.25, 0.3) is 0 Å². The van der Waals surface area contributed by atoms with E-state index in [0.717, 1.165) is 6.07 Å². The summed E-state index contributed by atoms with van der Waals surface area (Å²) in [5.41, 5.74) is 7.68. The van der Waals surface area contributed by atoms with E-state index in [4.69, 9.17) is 10.7 Å². The molecule has 13 heteroatoms. The molecule has 0 aliphatic heterocycles. The molecule has 5 aromatic rings. The molecule has 0 aliphatic rings. The molecule has 0 unspecified atom stereocenters. The average molecular weight is 568 g/mol. The molecule has 0 radical (unpaired) electrons. The molecule has 0 spiro atoms. The minimum atomic E-state index is -0.973. The van der Waals surface area contributed by atoms with E-state index in [0.29, 0.717) is 49.2 Å². The lowest BCUT2D eigenvalue weighted by molar-refractivity contribution is -0.118. The molecule has 4 heterocycles. The highest BCUT2D eigenvalue weighted by atomic mass is 32.1. The van der Waals surface area contributed by atoms with Gasteiger partial charge in [0.05, 0.1) is 16.0 Å². The summed E-state index contributed by atoms with van der Waals surface area (Å²) in [5, 5.41) is 20.2. The van der Waals surface area contributed by atoms with Crippen molar-refractivity contribution in [2.75, 3.05) is 11.9 Å². The predicted octanol–water partition coefficient (Wildman–Crippen LogP) is 3.67. The molecule has 0 aliphatic carbocycles. The Hall–Kier alpha value is -4.23. The van der Waals surface area contributed by atoms with Crippen molar-refractivity contribution >= 4 is 38.4 Å². The number of aryl methyl sites for hydroxylation is 1. The lowest BCUT2D eigenvalue weighted by Crippen LogP contribution is -2.29. The first-order valence-corrected chi connectivity index (χ1v) is 13.3. The maximum Gasteiger partial charge on any atom is 0.347 e. The average Bonchev–Trinajstić information content (AvgIpc) is 3.43. The van der Waals surface area contributed by atoms with Gasteiger partial charge in [-0.15, -0.1) is 0 Å². The quantitative estimate of drug-likeness (QED) is 0.212. The summed E-state index contributed by atoms with van der Waals surface area (Å²) in [5.74, 6) is -2.75. The van der Waals surface area contributed by atoms with Crippen LogP contribution in [0, 0.1) is 18.6 Å². The SMILES string of the molecule is Cc1c(-c2cc3sc(NCC(C)(C)O)nc3nc2[C@H](CC(N)=O)Cc2cc(F)cc(F)c2)ccc2n[nH]c(=O)n12. The summed E-state index contributed by atoms with van der Waals surface area (Å²) in [6.07, 6.45) is -0.0748. The second kappa shape index (κ2) is 10.4. The number of nitrogens with two attached hydrogens (primary N) is 1. The number of pyridine rings is 2. The first-order chi connectivity index (χ1) is 18.9. The van der Waals surface area contributed by atoms with Crippen molar-refractivity contribution in [2.45, 2.75) is 45.1 Å². The number of aliphatic hydroxyl groups is 1. The summed E-state index contributed by atoms with van der Waals surface area (Å²) in [7, 11) is 0. The van der Waals surface area contributed by atoms with Gasteiger partial charge in [0, 0.05) is 41.8 Å². The van der Waals surface area contributed by atoms with Gasteiger partial charge in [-0.3, -0.25) is 4.79 Å². The predicted molar refractivity (Wildman–Crippen MR) is 148 cm³/mol. The zero-order valence-corrected chi connectivity index (χ0v) is 22.8. The second-order valence-corrected chi connectivity index (χ2v) is 11.4. The van der Waals surface area contributed by atoms with E-state index in [1.165, 1.54) is 27.9 Å². The Morgan fingerprint density at radius 2 is 1.90 bits per heavy atom. The van der Waals surface area contributed by atoms with Crippen molar-refractivity contribution in [1.29, 1.82) is 0 Å². The minimum absolute atomic E-state index is 0.0734. The standard InChI is InChI=1S/C27H27F2N7O3S/c1-13-18(4-5-22-34-35-26(38)36(13)22)19-11-20-24(33-25(40-20)31-12-27(2,3)39)32-23(19)15(9-21(30)37)6-14-7-16(28)10-17(29)8-14/h4-5,7-8,10-11,15,39H,6,9,12H2,1-3H3,(H2,30,37)(H,35,38)(H,31,32,33)/t15-/m0/s1. The molecule has 1 atom stereocenters. The number of amides is 1. The number of primary amides is 1. The molecule has 5 N–H and O–H groups in total. The zero-order valence-electron chi connectivity index (χ0n) is 22.0. The van der Waals surface area contributed by atoms with Crippen LogP contribution >= 0.6 is 11.3 Å². The van der Waals surface area contributed by atoms with E-state index in [1.807, 2.05) is 6.07 Å². The molecule has 0 saturated heterocycles. The van der Waals surface area contributed by atoms with Crippen LogP contribution < -0.4 is 16.7 Å². The Kier molecular flexibility index (Phi) is 7.10. The molecule has 0 bridgehead atoms. The number of rotatable bonds is 9. The van der Waals surface area contributed by atoms with Crippen LogP contribution in [0.3, 0.4) is 0 Å². The Morgan fingerprint density at radius 1 is 1.18 bits per heavy atom. The van der Waals surface area contributed by atoms with Crippen molar-refractivity contribution in [1.82, 2.24) is 24.6 Å². The van der Waals surface area contributed by atoms with Gasteiger partial charge in [-0.1, -0.05) is 11.3 Å². The second-order valence-electron chi connectivity index (χ2n) is 10.3. The molecule has 1 aromatic carbocycles. The van der Waals surface area contributed by atoms with Crippen molar-refractivity contribution in [3.63, 3.8) is 0 Å². The van der Waals surface area contributed by atoms with Gasteiger partial charge in [0.2, 0.25) is 5.91 Å². The fourth-order valence-electron chi connectivity index (χ4n) is 4.72. The zero-order chi connectivity index (χ0) is 28.8. The Balaban J connectivity index is 1.71. The van der Waals surface area contributed by atoms with Crippen molar-refractivity contribution in [3.8, 4) is 11.1 Å². The summed E-state index contributed by atoms with van der Waals surface area (Å²) >= 11 is 1.33. The van der Waals surface area contributed by atoms with Gasteiger partial charge >= 0.3 is 5.69 Å². The number of nitrogens with zero attached hydrogens (tertiary/aromatic N) is 4. The van der Waals surface area contributed by atoms with Gasteiger partial charge in [-0.2, -0.15) is 5.10 Å². The number of benzene rings is 1. The fraction of sp³-hybridized carbons (Fsp3) is 0.296. The maximum absolute atomic E-state index is 14.0. The van der Waals surface area contributed by atoms with Crippen molar-refractivity contribution < 1.29 is 18.7 Å². The van der Waals surface area contributed by atoms with E-state index < -0.39 is 34.8 Å². The smallest absolute Gasteiger partial charge is 0.347 e. The van der Waals surface area contributed by atoms with Gasteiger partial charge in [0.1, 0.15) is 11.6 Å². The molecule has 1 amide bonds. The molecule has 10 nitrogen and oxygen atoms in total. The number of halogens is 2. The molecular formula is C27H27F2N7O3S. The number of aromatic amines is 1. The fourth-order valence-corrected chi connectivity index (χ4v) is 5.57. The Labute approximate surface area is 230 Å². The van der Waals surface area contributed by atoms with Crippen LogP contribution in [-0.2, 0) is 11.2 Å². The monoisotopic (exact) mass is 567 g/mol. The largest absolute Gasteiger partial charge is 0.389 e. The number of fused-ring (bicyclic) bond motifs is 2. The van der Waals surface area contributed by atoms with E-state index >= 15 is 0 Å². The van der Waals surface area contributed by atoms with Crippen LogP contribution in [0.2, 0.25) is 0 Å². The van der Waals surface area contributed by atoms with E-state index in [2.05, 4.69) is 20.5 Å². The number of anilines is 1. The summed E-state index contributed by atoms with van der Waals surface area (Å²) in [6, 6.07) is 8.54.